The second-order valence-corrected chi connectivity index (χ2v) is 16.3. The zero-order chi connectivity index (χ0) is 42.8. The summed E-state index contributed by atoms with van der Waals surface area (Å²) in [7, 11) is 0. The van der Waals surface area contributed by atoms with Crippen LogP contribution in [0.4, 0.5) is 17.1 Å². The Bertz CT molecular complexity index is 3620. The van der Waals surface area contributed by atoms with Gasteiger partial charge in [0, 0.05) is 38.8 Å². The number of hydrogen-bond donors (Lipinski definition) is 0. The molecule has 12 rings (SSSR count). The van der Waals surface area contributed by atoms with Crippen LogP contribution < -0.4 is 4.90 Å². The molecule has 1 unspecified atom stereocenters. The lowest BCUT2D eigenvalue weighted by Crippen LogP contribution is -2.29. The van der Waals surface area contributed by atoms with Crippen molar-refractivity contribution in [3.63, 3.8) is 0 Å². The summed E-state index contributed by atoms with van der Waals surface area (Å²) >= 11 is 0. The highest BCUT2D eigenvalue weighted by atomic mass is 16.3. The molecule has 64 heavy (non-hydrogen) atoms. The predicted molar refractivity (Wildman–Crippen MR) is 265 cm³/mol. The largest absolute Gasteiger partial charge is 0.455 e. The molecule has 1 aliphatic rings. The average Bonchev–Trinajstić information content (AvgIpc) is 4.05. The molecule has 0 N–H and O–H groups in total. The summed E-state index contributed by atoms with van der Waals surface area (Å²) in [5, 5.41) is 4.01. The van der Waals surface area contributed by atoms with Gasteiger partial charge in [0.25, 0.3) is 0 Å². The van der Waals surface area contributed by atoms with Gasteiger partial charge >= 0.3 is 0 Å². The molecule has 1 atom stereocenters. The Morgan fingerprint density at radius 2 is 1.14 bits per heavy atom. The highest BCUT2D eigenvalue weighted by Gasteiger charge is 2.46. The van der Waals surface area contributed by atoms with E-state index in [4.69, 9.17) is 13.8 Å². The number of anilines is 3. The Hall–Kier alpha value is -8.47. The molecule has 2 heterocycles. The van der Waals surface area contributed by atoms with E-state index in [1.807, 2.05) is 36.4 Å². The molecule has 11 aromatic rings. The molecule has 0 saturated heterocycles. The third-order valence-electron chi connectivity index (χ3n) is 12.9. The van der Waals surface area contributed by atoms with E-state index in [2.05, 4.69) is 200 Å². The van der Waals surface area contributed by atoms with Crippen LogP contribution in [0, 0.1) is 0 Å². The van der Waals surface area contributed by atoms with Crippen LogP contribution in [0.25, 0.3) is 77.5 Å². The van der Waals surface area contributed by atoms with Crippen LogP contribution >= 0.6 is 0 Å². The first-order valence-electron chi connectivity index (χ1n) is 21.6. The summed E-state index contributed by atoms with van der Waals surface area (Å²) in [4.78, 5) is 7.31. The topological polar surface area (TPSA) is 42.4 Å². The maximum atomic E-state index is 6.77. The fraction of sp³-hybridized carbons (Fsp3) is 0.0167. The Kier molecular flexibility index (Phi) is 8.66. The summed E-state index contributed by atoms with van der Waals surface area (Å²) in [5.74, 6) is 0.579. The average molecular weight is 821 g/mol. The minimum atomic E-state index is -0.644. The fourth-order valence-corrected chi connectivity index (χ4v) is 10.1. The molecule has 4 heteroatoms. The molecule has 9 aromatic carbocycles. The van der Waals surface area contributed by atoms with Crippen LogP contribution in [0.3, 0.4) is 0 Å². The van der Waals surface area contributed by atoms with Gasteiger partial charge in [-0.15, -0.1) is 0 Å². The number of hydrogen-bond acceptors (Lipinski definition) is 4. The van der Waals surface area contributed by atoms with Gasteiger partial charge in [-0.2, -0.15) is 0 Å². The molecular weight excluding hydrogens is 781 g/mol. The van der Waals surface area contributed by atoms with Crippen molar-refractivity contribution in [1.29, 1.82) is 0 Å². The van der Waals surface area contributed by atoms with Gasteiger partial charge in [-0.1, -0.05) is 171 Å². The molecule has 2 aromatic heterocycles. The molecule has 0 saturated carbocycles. The summed E-state index contributed by atoms with van der Waals surface area (Å²) in [6.07, 6.45) is 5.97. The van der Waals surface area contributed by atoms with E-state index in [0.717, 1.165) is 77.6 Å². The molecule has 0 fully saturated rings. The Morgan fingerprint density at radius 3 is 1.94 bits per heavy atom. The van der Waals surface area contributed by atoms with Gasteiger partial charge in [0.15, 0.2) is 5.58 Å². The summed E-state index contributed by atoms with van der Waals surface area (Å²) in [6, 6.07) is 70.8. The van der Waals surface area contributed by atoms with Crippen LogP contribution in [-0.4, -0.2) is 4.98 Å². The maximum absolute atomic E-state index is 6.77. The van der Waals surface area contributed by atoms with Gasteiger partial charge in [0.2, 0.25) is 5.89 Å². The molecule has 0 aliphatic heterocycles. The highest BCUT2D eigenvalue weighted by molar-refractivity contribution is 6.19. The monoisotopic (exact) mass is 820 g/mol. The summed E-state index contributed by atoms with van der Waals surface area (Å²) < 4.78 is 13.2. The number of para-hydroxylation sites is 2. The first-order chi connectivity index (χ1) is 31.6. The van der Waals surface area contributed by atoms with Gasteiger partial charge in [-0.05, 0) is 111 Å². The first kappa shape index (κ1) is 37.3. The van der Waals surface area contributed by atoms with Crippen molar-refractivity contribution in [2.24, 2.45) is 0 Å². The number of benzene rings is 9. The van der Waals surface area contributed by atoms with E-state index in [9.17, 15) is 0 Å². The Labute approximate surface area is 371 Å². The van der Waals surface area contributed by atoms with Gasteiger partial charge in [-0.3, -0.25) is 0 Å². The molecular formula is C60H40N2O2. The van der Waals surface area contributed by atoms with Crippen LogP contribution in [0.1, 0.15) is 16.7 Å². The van der Waals surface area contributed by atoms with Gasteiger partial charge in [0.1, 0.15) is 16.7 Å². The van der Waals surface area contributed by atoms with Crippen molar-refractivity contribution in [3.8, 4) is 33.7 Å². The molecule has 302 valence electrons. The number of fused-ring (bicyclic) bond motifs is 9. The van der Waals surface area contributed by atoms with Gasteiger partial charge < -0.3 is 13.7 Å². The SMILES string of the molecule is C=C/C=C(\C=C)C1(c2ccccc2)c2ccccc2-c2ccc(N(c3ccc(-c4ccccc4)cc3)c3ccc4oc5c6ccccc6c(-c6nc7ccccc7o6)cc5c4c3)cc21. The first-order valence-corrected chi connectivity index (χ1v) is 21.6. The number of nitrogens with zero attached hydrogens (tertiary/aromatic N) is 2. The maximum Gasteiger partial charge on any atom is 0.227 e. The number of aromatic nitrogens is 1. The van der Waals surface area contributed by atoms with Crippen molar-refractivity contribution < 1.29 is 8.83 Å². The zero-order valence-corrected chi connectivity index (χ0v) is 34.9. The zero-order valence-electron chi connectivity index (χ0n) is 34.9. The fourth-order valence-electron chi connectivity index (χ4n) is 10.1. The Morgan fingerprint density at radius 1 is 0.484 bits per heavy atom. The lowest BCUT2D eigenvalue weighted by Gasteiger charge is -2.35. The number of oxazole rings is 1. The summed E-state index contributed by atoms with van der Waals surface area (Å²) in [5.41, 5.74) is 15.9. The van der Waals surface area contributed by atoms with Crippen molar-refractivity contribution in [3.05, 3.63) is 254 Å². The van der Waals surface area contributed by atoms with Crippen molar-refractivity contribution in [2.75, 3.05) is 4.90 Å². The van der Waals surface area contributed by atoms with Crippen LogP contribution in [-0.2, 0) is 5.41 Å². The lowest BCUT2D eigenvalue weighted by atomic mass is 9.67. The van der Waals surface area contributed by atoms with Crippen molar-refractivity contribution in [2.45, 2.75) is 5.41 Å². The van der Waals surface area contributed by atoms with Crippen LogP contribution in [0.2, 0.25) is 0 Å². The molecule has 1 aliphatic carbocycles. The second-order valence-electron chi connectivity index (χ2n) is 16.3. The third-order valence-corrected chi connectivity index (χ3v) is 12.9. The van der Waals surface area contributed by atoms with E-state index >= 15 is 0 Å². The highest BCUT2D eigenvalue weighted by Crippen LogP contribution is 2.58. The standard InChI is InChI=1S/C60H40N2O2/c1-3-17-41(4-2)60(42-20-9-6-10-21-42)53-25-14-13-23-47(53)48-34-32-45(37-54(48)60)62(43-30-28-40(29-31-43)39-18-7-5-8-19-39)44-33-35-56-50(36-44)51-38-52(46-22-11-12-24-49(46)58(51)63-56)59-61-55-26-15-16-27-57(55)64-59/h3-38H,1-2H2/b41-17+. The van der Waals surface area contributed by atoms with E-state index in [1.54, 1.807) is 0 Å². The van der Waals surface area contributed by atoms with Crippen LogP contribution in [0.5, 0.6) is 0 Å². The quantitative estimate of drug-likeness (QED) is 0.136. The van der Waals surface area contributed by atoms with E-state index in [1.165, 1.54) is 33.4 Å². The number of allylic oxidation sites excluding steroid dienone is 4. The number of rotatable bonds is 9. The predicted octanol–water partition coefficient (Wildman–Crippen LogP) is 16.3. The van der Waals surface area contributed by atoms with E-state index in [0.29, 0.717) is 5.89 Å². The molecule has 0 radical (unpaired) electrons. The smallest absolute Gasteiger partial charge is 0.227 e. The summed E-state index contributed by atoms with van der Waals surface area (Å²) in [6.45, 7) is 8.54. The minimum absolute atomic E-state index is 0.579. The van der Waals surface area contributed by atoms with E-state index < -0.39 is 5.41 Å². The second kappa shape index (κ2) is 14.9. The van der Waals surface area contributed by atoms with Crippen molar-refractivity contribution >= 4 is 60.9 Å². The molecule has 0 bridgehead atoms. The normalized spacial score (nSPS) is 14.5. The lowest BCUT2D eigenvalue weighted by molar-refractivity contribution is 0.620. The molecule has 4 nitrogen and oxygen atoms in total. The number of furan rings is 1. The van der Waals surface area contributed by atoms with Gasteiger partial charge in [-0.25, -0.2) is 4.98 Å². The molecule has 0 spiro atoms. The third kappa shape index (κ3) is 5.66. The van der Waals surface area contributed by atoms with Gasteiger partial charge in [0.05, 0.1) is 5.41 Å². The molecule has 0 amide bonds. The van der Waals surface area contributed by atoms with Crippen molar-refractivity contribution in [1.82, 2.24) is 4.98 Å². The van der Waals surface area contributed by atoms with E-state index in [-0.39, 0.29) is 0 Å². The Balaban J connectivity index is 1.10. The van der Waals surface area contributed by atoms with Crippen LogP contribution in [0.15, 0.2) is 246 Å². The minimum Gasteiger partial charge on any atom is -0.455 e.